The van der Waals surface area contributed by atoms with Gasteiger partial charge in [0.1, 0.15) is 69.0 Å². The smallest absolute Gasteiger partial charge is 0.744 e. The number of aromatic hydroxyl groups is 2. The number of amides is 2. The Morgan fingerprint density at radius 3 is 1.37 bits per heavy atom. The van der Waals surface area contributed by atoms with E-state index in [4.69, 9.17) is 0 Å². The van der Waals surface area contributed by atoms with Gasteiger partial charge in [0.15, 0.2) is 0 Å². The number of rotatable bonds is 20. The molecule has 0 bridgehead atoms. The van der Waals surface area contributed by atoms with Crippen LogP contribution in [0.5, 0.6) is 11.5 Å². The molecule has 0 aliphatic rings. The SMILES string of the molecule is C.C=Nc1c(S(=O)(=O)[O-])cc2cc(NC(=O)Nc3ccc4c(O)cc(SOO[O-])c(N=Nc5ccc(N=Nc6ccc(S(=O)(=O)[O-])cc6)cc5S(=O)(=O)[O-])c4c3)ccc2c1O.C=Nc1ccc(N=Nc2ccc(S(=O)(=O)[O-])cc2)cc1SOO[O-].[Na+].[Na+].[Na+].[Na+].[Na+].[Na+]. The summed E-state index contributed by atoms with van der Waals surface area (Å²) in [6, 6.07) is 26.3. The number of nitrogens with zero attached hydrogens (tertiary/aromatic N) is 8. The molecule has 0 atom stereocenters. The van der Waals surface area contributed by atoms with Crippen LogP contribution in [0.4, 0.5) is 61.7 Å². The summed E-state index contributed by atoms with van der Waals surface area (Å²) in [5, 5.41) is 77.5. The fourth-order valence-corrected chi connectivity index (χ4v) is 10.3. The Labute approximate surface area is 659 Å². The van der Waals surface area contributed by atoms with E-state index in [9.17, 15) is 77.4 Å². The van der Waals surface area contributed by atoms with Crippen molar-refractivity contribution in [3.63, 3.8) is 0 Å². The van der Waals surface area contributed by atoms with Crippen LogP contribution in [-0.4, -0.2) is 81.6 Å². The second-order valence-corrected chi connectivity index (χ2v) is 23.0. The number of phenols is 2. The van der Waals surface area contributed by atoms with Gasteiger partial charge in [0.05, 0.1) is 81.9 Å². The molecule has 0 saturated carbocycles. The second kappa shape index (κ2) is 39.6. The van der Waals surface area contributed by atoms with Gasteiger partial charge in [-0.3, -0.25) is 20.1 Å². The van der Waals surface area contributed by atoms with Crippen molar-refractivity contribution < 1.29 is 273 Å². The molecule has 444 valence electrons. The Morgan fingerprint density at radius 1 is 0.451 bits per heavy atom. The zero-order valence-electron chi connectivity index (χ0n) is 47.3. The Morgan fingerprint density at radius 2 is 0.901 bits per heavy atom. The predicted molar refractivity (Wildman–Crippen MR) is 295 cm³/mol. The Bertz CT molecular complexity index is 4480. The number of benzene rings is 8. The summed E-state index contributed by atoms with van der Waals surface area (Å²) in [4.78, 5) is 18.0. The standard InChI is InChI=1S/C34H25N7O15S4.C13H11N3O6S2.CH4.6Na/c1-35-32-30(60(52,53)54)13-17-12-19(4-9-23(17)33(32)43)36-34(44)37-20-5-10-24-25(14-20)31(28(16-27(24)42)57-56-55-45)41-40-26-11-6-21(15-29(26)59(49,50)51)39-38-18-2-7-22(8-3-18)58(46,47)48;1-14-12-7-4-10(8-13(12)23-22-21-17)16-15-9-2-5-11(6-3-9)24(18,19)20;;;;;;;/h2-16,42-43,45H,1H2,(H2,36,37,44)(H,46,47,48)(H,49,50,51)(H,52,53,54);2-8,17H,1H2,(H,18,19,20);1H4;;;;;;/q;;;6*+1/p-6. The Balaban J connectivity index is 0.00000222. The molecule has 4 N–H and O–H groups in total. The molecule has 31 nitrogen and oxygen atoms in total. The third kappa shape index (κ3) is 24.8. The van der Waals surface area contributed by atoms with Gasteiger partial charge in [-0.05, 0) is 152 Å². The molecule has 2 amide bonds. The number of carbonyl (C=O) groups excluding carboxylic acids is 1. The van der Waals surface area contributed by atoms with Gasteiger partial charge >= 0.3 is 183 Å². The number of aliphatic imine (C=N–C) groups is 2. The van der Waals surface area contributed by atoms with Gasteiger partial charge in [-0.25, -0.2) is 38.5 Å². The maximum Gasteiger partial charge on any atom is 1.00 e. The summed E-state index contributed by atoms with van der Waals surface area (Å²) in [5.41, 5.74) is 0.0451. The summed E-state index contributed by atoms with van der Waals surface area (Å²) in [6.07, 6.45) is 0. The van der Waals surface area contributed by atoms with Gasteiger partial charge in [0.25, 0.3) is 0 Å². The molecule has 0 fully saturated rings. The second-order valence-electron chi connectivity index (χ2n) is 16.1. The number of carbonyl (C=O) groups is 1. The Kier molecular flexibility index (Phi) is 38.4. The van der Waals surface area contributed by atoms with E-state index in [1.54, 1.807) is 12.1 Å². The quantitative estimate of drug-likeness (QED) is 0.0105. The summed E-state index contributed by atoms with van der Waals surface area (Å²) >= 11 is 0.908. The molecule has 91 heavy (non-hydrogen) atoms. The largest absolute Gasteiger partial charge is 1.00 e. The van der Waals surface area contributed by atoms with Crippen LogP contribution >= 0.6 is 24.1 Å². The van der Waals surface area contributed by atoms with E-state index in [-0.39, 0.29) is 262 Å². The van der Waals surface area contributed by atoms with Crippen LogP contribution in [0.15, 0.2) is 204 Å². The van der Waals surface area contributed by atoms with Gasteiger partial charge in [-0.15, -0.1) is 10.2 Å². The van der Waals surface area contributed by atoms with E-state index in [0.717, 1.165) is 60.7 Å². The molecule has 0 aliphatic heterocycles. The first-order chi connectivity index (χ1) is 39.7. The van der Waals surface area contributed by atoms with Crippen molar-refractivity contribution in [2.45, 2.75) is 36.8 Å². The number of fused-ring (bicyclic) bond motifs is 2. The summed E-state index contributed by atoms with van der Waals surface area (Å²) in [6.45, 7) is 6.57. The normalized spacial score (nSPS) is 11.3. The van der Waals surface area contributed by atoms with E-state index in [1.807, 2.05) is 0 Å². The number of hydrogen-bond acceptors (Lipinski definition) is 31. The van der Waals surface area contributed by atoms with Gasteiger partial charge in [0.2, 0.25) is 0 Å². The van der Waals surface area contributed by atoms with Crippen molar-refractivity contribution in [3.8, 4) is 11.5 Å². The average Bonchev–Trinajstić information content (AvgIpc) is 1.01. The molecular formula is C48H34N10Na6O21S6. The maximum absolute atomic E-state index is 13.1. The molecule has 0 unspecified atom stereocenters. The third-order valence-electron chi connectivity index (χ3n) is 10.7. The minimum atomic E-state index is -5.26. The van der Waals surface area contributed by atoms with Crippen LogP contribution in [0, 0.1) is 0 Å². The Hall–Kier alpha value is -2.61. The van der Waals surface area contributed by atoms with Crippen molar-refractivity contribution in [2.75, 3.05) is 10.6 Å². The molecule has 0 heterocycles. The van der Waals surface area contributed by atoms with Crippen LogP contribution < -0.4 is 198 Å². The molecule has 0 aliphatic carbocycles. The first-order valence-electron chi connectivity index (χ1n) is 22.1. The van der Waals surface area contributed by atoms with E-state index in [1.165, 1.54) is 60.7 Å². The first kappa shape index (κ1) is 88.4. The molecular weight excluding hydrogens is 1380 g/mol. The fourth-order valence-electron chi connectivity index (χ4n) is 7.08. The van der Waals surface area contributed by atoms with Crippen molar-refractivity contribution in [3.05, 3.63) is 133 Å². The zero-order valence-corrected chi connectivity index (χ0v) is 64.2. The van der Waals surface area contributed by atoms with Crippen molar-refractivity contribution in [2.24, 2.45) is 40.7 Å². The van der Waals surface area contributed by atoms with Gasteiger partial charge in [-0.2, -0.15) is 29.1 Å². The summed E-state index contributed by atoms with van der Waals surface area (Å²) in [7, 11) is -19.6. The fraction of sp³-hybridized carbons (Fsp3) is 0.0208. The van der Waals surface area contributed by atoms with Crippen LogP contribution in [-0.2, 0) is 59.2 Å². The average molecular weight is 1420 g/mol. The van der Waals surface area contributed by atoms with E-state index in [0.29, 0.717) is 34.0 Å². The molecule has 43 heteroatoms. The van der Waals surface area contributed by atoms with Crippen LogP contribution in [0.2, 0.25) is 0 Å². The topological polar surface area (TPSA) is 492 Å². The number of azo groups is 3. The molecule has 0 radical (unpaired) electrons. The molecule has 0 aromatic heterocycles. The number of nitrogens with one attached hydrogen (secondary N) is 2. The minimum absolute atomic E-state index is 0. The molecule has 8 aromatic rings. The zero-order chi connectivity index (χ0) is 61.1. The van der Waals surface area contributed by atoms with Crippen molar-refractivity contribution in [1.82, 2.24) is 0 Å². The maximum atomic E-state index is 13.1. The molecule has 0 spiro atoms. The van der Waals surface area contributed by atoms with Crippen molar-refractivity contribution >= 4 is 162 Å². The predicted octanol–water partition coefficient (Wildman–Crippen LogP) is -8.62. The monoisotopic (exact) mass is 1420 g/mol. The van der Waals surface area contributed by atoms with Crippen LogP contribution in [0.1, 0.15) is 7.43 Å². The third-order valence-corrected chi connectivity index (χ3v) is 15.4. The summed E-state index contributed by atoms with van der Waals surface area (Å²) in [5.74, 6) is -1.01. The molecule has 0 saturated heterocycles. The van der Waals surface area contributed by atoms with Crippen LogP contribution in [0.3, 0.4) is 0 Å². The minimum Gasteiger partial charge on any atom is -0.744 e. The van der Waals surface area contributed by atoms with E-state index < -0.39 is 78.3 Å². The van der Waals surface area contributed by atoms with E-state index >= 15 is 0 Å². The van der Waals surface area contributed by atoms with Crippen LogP contribution in [0.25, 0.3) is 21.5 Å². The van der Waals surface area contributed by atoms with Crippen molar-refractivity contribution in [1.29, 1.82) is 0 Å². The number of phenolic OH excluding ortho intramolecular Hbond substituents is 2. The van der Waals surface area contributed by atoms with Gasteiger partial charge in [-0.1, -0.05) is 7.43 Å². The first-order valence-corrected chi connectivity index (χ1v) is 29.3. The summed E-state index contributed by atoms with van der Waals surface area (Å²) < 4.78 is 147. The van der Waals surface area contributed by atoms with Gasteiger partial charge < -0.3 is 49.6 Å². The molecule has 8 rings (SSSR count). The van der Waals surface area contributed by atoms with E-state index in [2.05, 4.69) is 83.5 Å². The van der Waals surface area contributed by atoms with Gasteiger partial charge in [0, 0.05) is 27.5 Å². The number of hydrogen-bond donors (Lipinski definition) is 4. The molecule has 8 aromatic carbocycles. The number of urea groups is 1. The number of anilines is 2.